The molecule has 1 aliphatic carbocycles. The van der Waals surface area contributed by atoms with Gasteiger partial charge in [-0.15, -0.1) is 0 Å². The van der Waals surface area contributed by atoms with Crippen LogP contribution in [0.2, 0.25) is 0 Å². The van der Waals surface area contributed by atoms with Gasteiger partial charge in [0.2, 0.25) is 0 Å². The van der Waals surface area contributed by atoms with E-state index in [1.165, 1.54) is 44.9 Å². The fourth-order valence-corrected chi connectivity index (χ4v) is 5.52. The van der Waals surface area contributed by atoms with Crippen LogP contribution >= 0.6 is 0 Å². The number of allylic oxidation sites excluding steroid dienone is 3. The van der Waals surface area contributed by atoms with Gasteiger partial charge in [-0.3, -0.25) is 4.57 Å². The van der Waals surface area contributed by atoms with Gasteiger partial charge in [-0.05, 0) is 98.3 Å². The highest BCUT2D eigenvalue weighted by Crippen LogP contribution is 2.36. The lowest BCUT2D eigenvalue weighted by Gasteiger charge is -2.28. The van der Waals surface area contributed by atoms with Gasteiger partial charge in [-0.2, -0.15) is 0 Å². The SMILES string of the molecule is Cc1ccc(N(C2=CCCC=C2)c2cccc(-c3cc(C)c(-n4ccnc4-c4ccccc4)c(C)c3)c2)cc1. The van der Waals surface area contributed by atoms with Crippen LogP contribution in [0, 0.1) is 20.8 Å². The van der Waals surface area contributed by atoms with Crippen LogP contribution in [0.3, 0.4) is 0 Å². The maximum atomic E-state index is 4.68. The number of imidazole rings is 1. The molecule has 0 saturated carbocycles. The van der Waals surface area contributed by atoms with Gasteiger partial charge in [0.1, 0.15) is 5.82 Å². The standard InChI is InChI=1S/C36H33N3/c1-26-17-19-33(20-18-26)39(32-14-8-5-9-15-32)34-16-10-13-30(25-34)31-23-27(2)35(28(3)24-31)38-22-21-37-36(38)29-11-6-4-7-12-29/h4,6-8,10-25H,5,9H2,1-3H3. The molecule has 0 aliphatic heterocycles. The molecule has 39 heavy (non-hydrogen) atoms. The zero-order valence-corrected chi connectivity index (χ0v) is 22.8. The third-order valence-corrected chi connectivity index (χ3v) is 7.37. The van der Waals surface area contributed by atoms with Gasteiger partial charge in [0.25, 0.3) is 0 Å². The molecular formula is C36H33N3. The van der Waals surface area contributed by atoms with Crippen LogP contribution in [0.25, 0.3) is 28.2 Å². The van der Waals surface area contributed by atoms with Gasteiger partial charge in [0, 0.05) is 35.0 Å². The van der Waals surface area contributed by atoms with Crippen molar-refractivity contribution in [2.24, 2.45) is 0 Å². The maximum absolute atomic E-state index is 4.68. The summed E-state index contributed by atoms with van der Waals surface area (Å²) < 4.78 is 2.21. The minimum atomic E-state index is 0.957. The van der Waals surface area contributed by atoms with Crippen LogP contribution < -0.4 is 4.90 Å². The van der Waals surface area contributed by atoms with Gasteiger partial charge >= 0.3 is 0 Å². The first-order chi connectivity index (χ1) is 19.1. The first kappa shape index (κ1) is 24.7. The molecule has 5 aromatic rings. The Hall–Kier alpha value is -4.63. The quantitative estimate of drug-likeness (QED) is 0.228. The second-order valence-electron chi connectivity index (χ2n) is 10.3. The Kier molecular flexibility index (Phi) is 6.73. The minimum Gasteiger partial charge on any atom is -0.311 e. The molecule has 1 aromatic heterocycles. The smallest absolute Gasteiger partial charge is 0.144 e. The summed E-state index contributed by atoms with van der Waals surface area (Å²) in [6, 6.07) is 32.7. The lowest BCUT2D eigenvalue weighted by Crippen LogP contribution is -2.16. The monoisotopic (exact) mass is 507 g/mol. The normalized spacial score (nSPS) is 12.8. The number of nitrogens with zero attached hydrogens (tertiary/aromatic N) is 3. The Balaban J connectivity index is 1.40. The summed E-state index contributed by atoms with van der Waals surface area (Å²) in [6.07, 6.45) is 13.0. The summed E-state index contributed by atoms with van der Waals surface area (Å²) in [5.74, 6) is 0.957. The van der Waals surface area contributed by atoms with E-state index in [4.69, 9.17) is 0 Å². The van der Waals surface area contributed by atoms with E-state index in [0.29, 0.717) is 0 Å². The predicted molar refractivity (Wildman–Crippen MR) is 164 cm³/mol. The van der Waals surface area contributed by atoms with Crippen molar-refractivity contribution in [1.82, 2.24) is 9.55 Å². The lowest BCUT2D eigenvalue weighted by atomic mass is 9.97. The molecule has 4 aromatic carbocycles. The largest absolute Gasteiger partial charge is 0.311 e. The van der Waals surface area contributed by atoms with E-state index < -0.39 is 0 Å². The van der Waals surface area contributed by atoms with E-state index >= 15 is 0 Å². The highest BCUT2D eigenvalue weighted by molar-refractivity contribution is 5.77. The number of aromatic nitrogens is 2. The van der Waals surface area contributed by atoms with Crippen LogP contribution in [0.5, 0.6) is 0 Å². The van der Waals surface area contributed by atoms with Crippen LogP contribution in [0.15, 0.2) is 127 Å². The average Bonchev–Trinajstić information content (AvgIpc) is 3.44. The third-order valence-electron chi connectivity index (χ3n) is 7.37. The highest BCUT2D eigenvalue weighted by Gasteiger charge is 2.17. The maximum Gasteiger partial charge on any atom is 0.144 e. The molecule has 0 radical (unpaired) electrons. The molecule has 0 saturated heterocycles. The molecule has 1 aliphatic rings. The summed E-state index contributed by atoms with van der Waals surface area (Å²) in [7, 11) is 0. The van der Waals surface area contributed by atoms with Crippen molar-refractivity contribution < 1.29 is 0 Å². The van der Waals surface area contributed by atoms with Crippen LogP contribution in [0.1, 0.15) is 29.5 Å². The number of hydrogen-bond donors (Lipinski definition) is 0. The Bertz CT molecular complexity index is 1650. The molecule has 3 heteroatoms. The van der Waals surface area contributed by atoms with Crippen molar-refractivity contribution in [3.8, 4) is 28.2 Å². The van der Waals surface area contributed by atoms with Crippen LogP contribution in [-0.2, 0) is 0 Å². The predicted octanol–water partition coefficient (Wildman–Crippen LogP) is 9.50. The van der Waals surface area contributed by atoms with E-state index in [1.807, 2.05) is 12.3 Å². The molecule has 0 atom stereocenters. The first-order valence-electron chi connectivity index (χ1n) is 13.6. The van der Waals surface area contributed by atoms with E-state index in [9.17, 15) is 0 Å². The van der Waals surface area contributed by atoms with Crippen molar-refractivity contribution in [1.29, 1.82) is 0 Å². The molecule has 0 N–H and O–H groups in total. The van der Waals surface area contributed by atoms with Crippen molar-refractivity contribution in [3.63, 3.8) is 0 Å². The molecule has 6 rings (SSSR count). The number of aryl methyl sites for hydroxylation is 3. The topological polar surface area (TPSA) is 21.1 Å². The molecule has 1 heterocycles. The summed E-state index contributed by atoms with van der Waals surface area (Å²) in [5.41, 5.74) is 12.0. The van der Waals surface area contributed by atoms with Gasteiger partial charge in [-0.1, -0.05) is 72.3 Å². The Labute approximate surface area is 231 Å². The Morgan fingerprint density at radius 3 is 2.15 bits per heavy atom. The summed E-state index contributed by atoms with van der Waals surface area (Å²) in [5, 5.41) is 0. The highest BCUT2D eigenvalue weighted by atomic mass is 15.1. The molecule has 192 valence electrons. The number of rotatable bonds is 6. The van der Waals surface area contributed by atoms with Crippen LogP contribution in [-0.4, -0.2) is 9.55 Å². The van der Waals surface area contributed by atoms with E-state index in [-0.39, 0.29) is 0 Å². The lowest BCUT2D eigenvalue weighted by molar-refractivity contribution is 0.997. The van der Waals surface area contributed by atoms with Crippen molar-refractivity contribution >= 4 is 11.4 Å². The zero-order valence-electron chi connectivity index (χ0n) is 22.8. The molecular weight excluding hydrogens is 474 g/mol. The Morgan fingerprint density at radius 2 is 1.44 bits per heavy atom. The average molecular weight is 508 g/mol. The molecule has 0 amide bonds. The van der Waals surface area contributed by atoms with Gasteiger partial charge < -0.3 is 4.90 Å². The van der Waals surface area contributed by atoms with Gasteiger partial charge in [0.15, 0.2) is 0 Å². The Morgan fingerprint density at radius 1 is 0.692 bits per heavy atom. The van der Waals surface area contributed by atoms with Crippen LogP contribution in [0.4, 0.5) is 11.4 Å². The van der Waals surface area contributed by atoms with Crippen molar-refractivity contribution in [2.45, 2.75) is 33.6 Å². The molecule has 0 fully saturated rings. The van der Waals surface area contributed by atoms with E-state index in [1.54, 1.807) is 0 Å². The fourth-order valence-electron chi connectivity index (χ4n) is 5.52. The van der Waals surface area contributed by atoms with Gasteiger partial charge in [-0.25, -0.2) is 4.98 Å². The molecule has 0 bridgehead atoms. The second kappa shape index (κ2) is 10.6. The van der Waals surface area contributed by atoms with Crippen molar-refractivity contribution in [3.05, 3.63) is 144 Å². The number of benzene rings is 4. The second-order valence-corrected chi connectivity index (χ2v) is 10.3. The summed E-state index contributed by atoms with van der Waals surface area (Å²) in [4.78, 5) is 7.05. The van der Waals surface area contributed by atoms with E-state index in [2.05, 4.69) is 145 Å². The third kappa shape index (κ3) is 4.96. The first-order valence-corrected chi connectivity index (χ1v) is 13.6. The molecule has 0 unspecified atom stereocenters. The molecule has 0 spiro atoms. The fraction of sp³-hybridized carbons (Fsp3) is 0.139. The van der Waals surface area contributed by atoms with Gasteiger partial charge in [0.05, 0.1) is 5.69 Å². The summed E-state index contributed by atoms with van der Waals surface area (Å²) >= 11 is 0. The van der Waals surface area contributed by atoms with Crippen molar-refractivity contribution in [2.75, 3.05) is 4.90 Å². The minimum absolute atomic E-state index is 0.957. The number of anilines is 2. The molecule has 3 nitrogen and oxygen atoms in total. The number of hydrogen-bond acceptors (Lipinski definition) is 2. The van der Waals surface area contributed by atoms with E-state index in [0.717, 1.165) is 29.9 Å². The summed E-state index contributed by atoms with van der Waals surface area (Å²) in [6.45, 7) is 6.52. The zero-order chi connectivity index (χ0) is 26.8.